The van der Waals surface area contributed by atoms with E-state index in [1.165, 1.54) is 11.1 Å². The lowest BCUT2D eigenvalue weighted by Crippen LogP contribution is -2.42. The highest BCUT2D eigenvalue weighted by Crippen LogP contribution is 2.22. The molecular formula is C14H23NO2. The number of ether oxygens (including phenoxy) is 1. The SMILES string of the molecule is COc1cc(C)c(CNC(C)(C)CO)cc1C. The number of nitrogens with one attached hydrogen (secondary N) is 1. The summed E-state index contributed by atoms with van der Waals surface area (Å²) in [6, 6.07) is 4.19. The average molecular weight is 237 g/mol. The van der Waals surface area contributed by atoms with Gasteiger partial charge in [-0.2, -0.15) is 0 Å². The molecule has 3 nitrogen and oxygen atoms in total. The lowest BCUT2D eigenvalue weighted by molar-refractivity contribution is 0.187. The molecule has 0 fully saturated rings. The van der Waals surface area contributed by atoms with E-state index in [-0.39, 0.29) is 12.1 Å². The first-order valence-corrected chi connectivity index (χ1v) is 5.89. The minimum atomic E-state index is -0.250. The van der Waals surface area contributed by atoms with E-state index in [1.54, 1.807) is 7.11 Å². The molecule has 3 heteroatoms. The molecule has 0 amide bonds. The van der Waals surface area contributed by atoms with E-state index in [2.05, 4.69) is 24.4 Å². The first kappa shape index (κ1) is 14.0. The van der Waals surface area contributed by atoms with Gasteiger partial charge >= 0.3 is 0 Å². The molecule has 17 heavy (non-hydrogen) atoms. The van der Waals surface area contributed by atoms with Crippen molar-refractivity contribution >= 4 is 0 Å². The number of hydrogen-bond donors (Lipinski definition) is 2. The Labute approximate surface area is 104 Å². The molecule has 0 saturated carbocycles. The number of methoxy groups -OCH3 is 1. The van der Waals surface area contributed by atoms with E-state index >= 15 is 0 Å². The monoisotopic (exact) mass is 237 g/mol. The quantitative estimate of drug-likeness (QED) is 0.824. The van der Waals surface area contributed by atoms with Crippen LogP contribution in [0.1, 0.15) is 30.5 Å². The van der Waals surface area contributed by atoms with E-state index in [4.69, 9.17) is 4.74 Å². The summed E-state index contributed by atoms with van der Waals surface area (Å²) in [5.41, 5.74) is 3.33. The molecule has 0 spiro atoms. The predicted molar refractivity (Wildman–Crippen MR) is 70.5 cm³/mol. The van der Waals surface area contributed by atoms with Gasteiger partial charge in [-0.1, -0.05) is 6.07 Å². The Kier molecular flexibility index (Phi) is 4.54. The van der Waals surface area contributed by atoms with Crippen LogP contribution >= 0.6 is 0 Å². The fraction of sp³-hybridized carbons (Fsp3) is 0.571. The van der Waals surface area contributed by atoms with E-state index in [0.717, 1.165) is 17.9 Å². The normalized spacial score (nSPS) is 11.6. The third kappa shape index (κ3) is 3.72. The summed E-state index contributed by atoms with van der Waals surface area (Å²) in [5, 5.41) is 12.5. The number of aliphatic hydroxyl groups is 1. The number of aryl methyl sites for hydroxylation is 2. The summed E-state index contributed by atoms with van der Waals surface area (Å²) in [6.07, 6.45) is 0. The van der Waals surface area contributed by atoms with E-state index in [1.807, 2.05) is 20.8 Å². The van der Waals surface area contributed by atoms with Gasteiger partial charge in [-0.15, -0.1) is 0 Å². The van der Waals surface area contributed by atoms with Crippen LogP contribution in [0.5, 0.6) is 5.75 Å². The molecule has 1 rings (SSSR count). The Morgan fingerprint density at radius 1 is 1.24 bits per heavy atom. The van der Waals surface area contributed by atoms with Crippen molar-refractivity contribution in [3.63, 3.8) is 0 Å². The van der Waals surface area contributed by atoms with Crippen LogP contribution in [0.15, 0.2) is 12.1 Å². The molecule has 0 aliphatic heterocycles. The van der Waals surface area contributed by atoms with Gasteiger partial charge in [-0.25, -0.2) is 0 Å². The van der Waals surface area contributed by atoms with Crippen LogP contribution in [-0.4, -0.2) is 24.4 Å². The Balaban J connectivity index is 2.82. The molecule has 0 saturated heterocycles. The molecule has 0 radical (unpaired) electrons. The summed E-state index contributed by atoms with van der Waals surface area (Å²) in [4.78, 5) is 0. The van der Waals surface area contributed by atoms with Crippen LogP contribution in [0.2, 0.25) is 0 Å². The van der Waals surface area contributed by atoms with Crippen molar-refractivity contribution < 1.29 is 9.84 Å². The van der Waals surface area contributed by atoms with Gasteiger partial charge in [0.2, 0.25) is 0 Å². The van der Waals surface area contributed by atoms with Gasteiger partial charge in [-0.05, 0) is 50.5 Å². The number of rotatable bonds is 5. The van der Waals surface area contributed by atoms with E-state index in [9.17, 15) is 5.11 Å². The van der Waals surface area contributed by atoms with Crippen molar-refractivity contribution in [1.82, 2.24) is 5.32 Å². The van der Waals surface area contributed by atoms with Crippen LogP contribution in [0.4, 0.5) is 0 Å². The van der Waals surface area contributed by atoms with E-state index in [0.29, 0.717) is 0 Å². The Hall–Kier alpha value is -1.06. The van der Waals surface area contributed by atoms with Crippen LogP contribution in [0.3, 0.4) is 0 Å². The smallest absolute Gasteiger partial charge is 0.122 e. The van der Waals surface area contributed by atoms with Crippen LogP contribution in [-0.2, 0) is 6.54 Å². The predicted octanol–water partition coefficient (Wildman–Crippen LogP) is 2.17. The van der Waals surface area contributed by atoms with Crippen LogP contribution < -0.4 is 10.1 Å². The molecule has 0 heterocycles. The molecule has 2 N–H and O–H groups in total. The van der Waals surface area contributed by atoms with Crippen molar-refractivity contribution in [3.8, 4) is 5.75 Å². The van der Waals surface area contributed by atoms with Gasteiger partial charge in [0.15, 0.2) is 0 Å². The second-order valence-electron chi connectivity index (χ2n) is 5.14. The van der Waals surface area contributed by atoms with Gasteiger partial charge in [0, 0.05) is 12.1 Å². The van der Waals surface area contributed by atoms with Gasteiger partial charge in [0.25, 0.3) is 0 Å². The summed E-state index contributed by atoms with van der Waals surface area (Å²) in [7, 11) is 1.69. The fourth-order valence-electron chi connectivity index (χ4n) is 1.65. The van der Waals surface area contributed by atoms with Crippen molar-refractivity contribution in [1.29, 1.82) is 0 Å². The Morgan fingerprint density at radius 2 is 1.88 bits per heavy atom. The highest BCUT2D eigenvalue weighted by molar-refractivity contribution is 5.41. The molecule has 1 aromatic carbocycles. The summed E-state index contributed by atoms with van der Waals surface area (Å²) in [5.74, 6) is 0.924. The fourth-order valence-corrected chi connectivity index (χ4v) is 1.65. The number of aliphatic hydroxyl groups excluding tert-OH is 1. The minimum Gasteiger partial charge on any atom is -0.496 e. The Morgan fingerprint density at radius 3 is 2.41 bits per heavy atom. The molecule has 0 aliphatic carbocycles. The number of benzene rings is 1. The maximum atomic E-state index is 9.20. The third-order valence-electron chi connectivity index (χ3n) is 3.01. The standard InChI is InChI=1S/C14H23NO2/c1-10-7-13(17-5)11(2)6-12(10)8-15-14(3,4)9-16/h6-7,15-16H,8-9H2,1-5H3. The van der Waals surface area contributed by atoms with Crippen LogP contribution in [0, 0.1) is 13.8 Å². The zero-order valence-electron chi connectivity index (χ0n) is 11.4. The molecule has 96 valence electrons. The van der Waals surface area contributed by atoms with Gasteiger partial charge in [-0.3, -0.25) is 0 Å². The first-order valence-electron chi connectivity index (χ1n) is 5.89. The largest absolute Gasteiger partial charge is 0.496 e. The minimum absolute atomic E-state index is 0.126. The van der Waals surface area contributed by atoms with Crippen molar-refractivity contribution in [2.75, 3.05) is 13.7 Å². The van der Waals surface area contributed by atoms with Crippen molar-refractivity contribution in [2.24, 2.45) is 0 Å². The van der Waals surface area contributed by atoms with Gasteiger partial charge in [0.05, 0.1) is 13.7 Å². The lowest BCUT2D eigenvalue weighted by atomic mass is 10.0. The molecule has 0 aromatic heterocycles. The first-order chi connectivity index (χ1) is 7.89. The zero-order valence-corrected chi connectivity index (χ0v) is 11.4. The maximum Gasteiger partial charge on any atom is 0.122 e. The maximum absolute atomic E-state index is 9.20. The topological polar surface area (TPSA) is 41.5 Å². The summed E-state index contributed by atoms with van der Waals surface area (Å²) >= 11 is 0. The lowest BCUT2D eigenvalue weighted by Gasteiger charge is -2.24. The van der Waals surface area contributed by atoms with E-state index < -0.39 is 0 Å². The third-order valence-corrected chi connectivity index (χ3v) is 3.01. The van der Waals surface area contributed by atoms with Crippen molar-refractivity contribution in [3.05, 3.63) is 28.8 Å². The molecule has 0 unspecified atom stereocenters. The number of hydrogen-bond acceptors (Lipinski definition) is 3. The highest BCUT2D eigenvalue weighted by Gasteiger charge is 2.15. The average Bonchev–Trinajstić information content (AvgIpc) is 2.29. The molecule has 0 bridgehead atoms. The molecule has 0 atom stereocenters. The second-order valence-corrected chi connectivity index (χ2v) is 5.14. The molecule has 1 aromatic rings. The van der Waals surface area contributed by atoms with Gasteiger partial charge in [0.1, 0.15) is 5.75 Å². The molecular weight excluding hydrogens is 214 g/mol. The Bertz CT molecular complexity index is 386. The summed E-state index contributed by atoms with van der Waals surface area (Å²) in [6.45, 7) is 8.96. The second kappa shape index (κ2) is 5.52. The van der Waals surface area contributed by atoms with Gasteiger partial charge < -0.3 is 15.2 Å². The highest BCUT2D eigenvalue weighted by atomic mass is 16.5. The van der Waals surface area contributed by atoms with Crippen LogP contribution in [0.25, 0.3) is 0 Å². The summed E-state index contributed by atoms with van der Waals surface area (Å²) < 4.78 is 5.29. The zero-order chi connectivity index (χ0) is 13.1. The molecule has 0 aliphatic rings. The van der Waals surface area contributed by atoms with Crippen molar-refractivity contribution in [2.45, 2.75) is 39.8 Å².